The van der Waals surface area contributed by atoms with Gasteiger partial charge in [0.25, 0.3) is 0 Å². The maximum Gasteiger partial charge on any atom is 0.186 e. The van der Waals surface area contributed by atoms with Crippen LogP contribution in [0.2, 0.25) is 0 Å². The Labute approximate surface area is 107 Å². The van der Waals surface area contributed by atoms with Gasteiger partial charge in [0.05, 0.1) is 10.6 Å². The lowest BCUT2D eigenvalue weighted by molar-refractivity contribution is 0.580. The lowest BCUT2D eigenvalue weighted by atomic mass is 10.1. The SMILES string of the molecule is CC(C)c1ncccc1S(=O)(=O)C/C(F)=C/CN. The van der Waals surface area contributed by atoms with Crippen molar-refractivity contribution in [1.82, 2.24) is 4.98 Å². The Morgan fingerprint density at radius 1 is 1.56 bits per heavy atom. The monoisotopic (exact) mass is 272 g/mol. The van der Waals surface area contributed by atoms with E-state index < -0.39 is 21.4 Å². The molecule has 0 saturated heterocycles. The molecule has 2 N–H and O–H groups in total. The molecular weight excluding hydrogens is 255 g/mol. The molecule has 0 aliphatic rings. The molecule has 0 saturated carbocycles. The van der Waals surface area contributed by atoms with Gasteiger partial charge in [0.1, 0.15) is 11.6 Å². The number of aromatic nitrogens is 1. The van der Waals surface area contributed by atoms with Gasteiger partial charge >= 0.3 is 0 Å². The number of halogens is 1. The van der Waals surface area contributed by atoms with Crippen LogP contribution in [0.15, 0.2) is 35.1 Å². The Bertz CT molecular complexity index is 539. The maximum absolute atomic E-state index is 13.3. The first kappa shape index (κ1) is 14.8. The van der Waals surface area contributed by atoms with E-state index in [-0.39, 0.29) is 17.4 Å². The number of rotatable bonds is 5. The highest BCUT2D eigenvalue weighted by Crippen LogP contribution is 2.23. The minimum absolute atomic E-state index is 0.0224. The number of pyridine rings is 1. The van der Waals surface area contributed by atoms with Crippen LogP contribution < -0.4 is 5.73 Å². The van der Waals surface area contributed by atoms with Gasteiger partial charge in [-0.15, -0.1) is 0 Å². The number of hydrogen-bond donors (Lipinski definition) is 1. The van der Waals surface area contributed by atoms with Gasteiger partial charge in [-0.2, -0.15) is 0 Å². The van der Waals surface area contributed by atoms with E-state index in [1.165, 1.54) is 18.3 Å². The van der Waals surface area contributed by atoms with Crippen LogP contribution in [-0.4, -0.2) is 25.7 Å². The van der Waals surface area contributed by atoms with Crippen LogP contribution in [0.1, 0.15) is 25.5 Å². The van der Waals surface area contributed by atoms with E-state index in [0.29, 0.717) is 5.69 Å². The summed E-state index contributed by atoms with van der Waals surface area (Å²) in [5.74, 6) is -1.45. The summed E-state index contributed by atoms with van der Waals surface area (Å²) in [4.78, 5) is 4.14. The first-order valence-corrected chi connectivity index (χ1v) is 7.26. The molecule has 1 heterocycles. The van der Waals surface area contributed by atoms with Crippen LogP contribution in [0.5, 0.6) is 0 Å². The third kappa shape index (κ3) is 3.61. The van der Waals surface area contributed by atoms with Crippen LogP contribution in [0.4, 0.5) is 4.39 Å². The highest BCUT2D eigenvalue weighted by atomic mass is 32.2. The average molecular weight is 272 g/mol. The van der Waals surface area contributed by atoms with Gasteiger partial charge in [-0.3, -0.25) is 4.98 Å². The zero-order valence-electron chi connectivity index (χ0n) is 10.4. The second-order valence-corrected chi connectivity index (χ2v) is 6.15. The summed E-state index contributed by atoms with van der Waals surface area (Å²) in [6.07, 6.45) is 2.59. The molecule has 0 bridgehead atoms. The highest BCUT2D eigenvalue weighted by molar-refractivity contribution is 7.91. The maximum atomic E-state index is 13.3. The second kappa shape index (κ2) is 6.06. The summed E-state index contributed by atoms with van der Waals surface area (Å²) in [6.45, 7) is 3.66. The van der Waals surface area contributed by atoms with Gasteiger partial charge in [-0.1, -0.05) is 13.8 Å². The number of sulfone groups is 1. The van der Waals surface area contributed by atoms with Crippen molar-refractivity contribution in [2.45, 2.75) is 24.7 Å². The van der Waals surface area contributed by atoms with Crippen LogP contribution in [0, 0.1) is 0 Å². The van der Waals surface area contributed by atoms with Gasteiger partial charge in [0, 0.05) is 12.7 Å². The summed E-state index contributed by atoms with van der Waals surface area (Å²) in [7, 11) is -3.72. The molecule has 1 aromatic heterocycles. The van der Waals surface area contributed by atoms with Crippen molar-refractivity contribution in [3.8, 4) is 0 Å². The zero-order chi connectivity index (χ0) is 13.8. The van der Waals surface area contributed by atoms with Gasteiger partial charge in [-0.25, -0.2) is 12.8 Å². The highest BCUT2D eigenvalue weighted by Gasteiger charge is 2.22. The fraction of sp³-hybridized carbons (Fsp3) is 0.417. The van der Waals surface area contributed by atoms with Crippen molar-refractivity contribution < 1.29 is 12.8 Å². The predicted octanol–water partition coefficient (Wildman–Crippen LogP) is 1.79. The molecule has 1 rings (SSSR count). The van der Waals surface area contributed by atoms with Gasteiger partial charge in [0.15, 0.2) is 9.84 Å². The molecular formula is C12H17FN2O2S. The van der Waals surface area contributed by atoms with Crippen molar-refractivity contribution in [1.29, 1.82) is 0 Å². The van der Waals surface area contributed by atoms with Crippen molar-refractivity contribution >= 4 is 9.84 Å². The third-order valence-electron chi connectivity index (χ3n) is 2.35. The molecule has 0 spiro atoms. The topological polar surface area (TPSA) is 73.0 Å². The zero-order valence-corrected chi connectivity index (χ0v) is 11.2. The van der Waals surface area contributed by atoms with E-state index in [2.05, 4.69) is 4.98 Å². The second-order valence-electron chi connectivity index (χ2n) is 4.19. The summed E-state index contributed by atoms with van der Waals surface area (Å²) in [5, 5.41) is 0. The van der Waals surface area contributed by atoms with Crippen LogP contribution in [-0.2, 0) is 9.84 Å². The lowest BCUT2D eigenvalue weighted by Gasteiger charge is -2.11. The lowest BCUT2D eigenvalue weighted by Crippen LogP contribution is -2.12. The Morgan fingerprint density at radius 3 is 2.78 bits per heavy atom. The number of hydrogen-bond acceptors (Lipinski definition) is 4. The molecule has 0 radical (unpaired) electrons. The molecule has 0 aliphatic heterocycles. The molecule has 0 atom stereocenters. The van der Waals surface area contributed by atoms with Crippen molar-refractivity contribution in [3.63, 3.8) is 0 Å². The van der Waals surface area contributed by atoms with Gasteiger partial charge < -0.3 is 5.73 Å². The number of nitrogens with two attached hydrogens (primary N) is 1. The van der Waals surface area contributed by atoms with Gasteiger partial charge in [-0.05, 0) is 24.1 Å². The fourth-order valence-electron chi connectivity index (χ4n) is 1.55. The largest absolute Gasteiger partial charge is 0.327 e. The molecule has 4 nitrogen and oxygen atoms in total. The van der Waals surface area contributed by atoms with E-state index in [1.54, 1.807) is 0 Å². The minimum atomic E-state index is -3.72. The van der Waals surface area contributed by atoms with E-state index in [0.717, 1.165) is 6.08 Å². The molecule has 1 aromatic rings. The standard InChI is InChI=1S/C12H17FN2O2S/c1-9(2)12-11(4-3-7-15-12)18(16,17)8-10(13)5-6-14/h3-5,7,9H,6,8,14H2,1-2H3/b10-5-. The molecule has 6 heteroatoms. The summed E-state index contributed by atoms with van der Waals surface area (Å²) in [5.41, 5.74) is 5.60. The Kier molecular flexibility index (Phi) is 4.98. The summed E-state index contributed by atoms with van der Waals surface area (Å²) >= 11 is 0. The first-order valence-electron chi connectivity index (χ1n) is 5.60. The normalized spacial score (nSPS) is 13.1. The average Bonchev–Trinajstić information content (AvgIpc) is 2.28. The third-order valence-corrected chi connectivity index (χ3v) is 4.02. The van der Waals surface area contributed by atoms with Crippen molar-refractivity contribution in [2.24, 2.45) is 5.73 Å². The van der Waals surface area contributed by atoms with E-state index in [1.807, 2.05) is 13.8 Å². The predicted molar refractivity (Wildman–Crippen MR) is 68.6 cm³/mol. The van der Waals surface area contributed by atoms with Crippen LogP contribution in [0.25, 0.3) is 0 Å². The van der Waals surface area contributed by atoms with Crippen molar-refractivity contribution in [2.75, 3.05) is 12.3 Å². The van der Waals surface area contributed by atoms with E-state index in [4.69, 9.17) is 5.73 Å². The first-order chi connectivity index (χ1) is 8.38. The Balaban J connectivity index is 3.17. The van der Waals surface area contributed by atoms with Crippen molar-refractivity contribution in [3.05, 3.63) is 35.9 Å². The Morgan fingerprint density at radius 2 is 2.22 bits per heavy atom. The minimum Gasteiger partial charge on any atom is -0.327 e. The molecule has 0 aromatic carbocycles. The summed E-state index contributed by atoms with van der Waals surface area (Å²) < 4.78 is 37.5. The smallest absolute Gasteiger partial charge is 0.186 e. The molecule has 100 valence electrons. The molecule has 18 heavy (non-hydrogen) atoms. The molecule has 0 aliphatic carbocycles. The summed E-state index contributed by atoms with van der Waals surface area (Å²) in [6, 6.07) is 2.98. The number of nitrogens with zero attached hydrogens (tertiary/aromatic N) is 1. The fourth-order valence-corrected chi connectivity index (χ4v) is 3.07. The Hall–Kier alpha value is -1.27. The molecule has 0 fully saturated rings. The van der Waals surface area contributed by atoms with E-state index in [9.17, 15) is 12.8 Å². The quantitative estimate of drug-likeness (QED) is 0.887. The molecule has 0 unspecified atom stereocenters. The van der Waals surface area contributed by atoms with E-state index >= 15 is 0 Å². The van der Waals surface area contributed by atoms with Gasteiger partial charge in [0.2, 0.25) is 0 Å². The molecule has 0 amide bonds. The van der Waals surface area contributed by atoms with Crippen LogP contribution >= 0.6 is 0 Å². The van der Waals surface area contributed by atoms with Crippen LogP contribution in [0.3, 0.4) is 0 Å².